The fraction of sp³-hybridized carbons (Fsp3) is 0.273. The van der Waals surface area contributed by atoms with Gasteiger partial charge in [0.05, 0.1) is 11.1 Å². The lowest BCUT2D eigenvalue weighted by atomic mass is 10.2. The molecule has 3 heterocycles. The van der Waals surface area contributed by atoms with Gasteiger partial charge in [0.2, 0.25) is 5.91 Å². The third-order valence-electron chi connectivity index (χ3n) is 4.71. The zero-order valence-electron chi connectivity index (χ0n) is 17.9. The van der Waals surface area contributed by atoms with Crippen LogP contribution in [0.15, 0.2) is 46.9 Å². The number of fused-ring (bicyclic) bond motifs is 2. The minimum absolute atomic E-state index is 0.0876. The van der Waals surface area contributed by atoms with Crippen LogP contribution in [0.3, 0.4) is 0 Å². The molecule has 0 radical (unpaired) electrons. The summed E-state index contributed by atoms with van der Waals surface area (Å²) in [5.74, 6) is 0.527. The van der Waals surface area contributed by atoms with Crippen LogP contribution in [0, 0.1) is 0 Å². The van der Waals surface area contributed by atoms with Gasteiger partial charge in [-0.25, -0.2) is 9.78 Å². The van der Waals surface area contributed by atoms with Crippen LogP contribution >= 0.6 is 23.1 Å². The van der Waals surface area contributed by atoms with E-state index >= 15 is 0 Å². The first kappa shape index (κ1) is 22.9. The number of ether oxygens (including phenoxy) is 2. The van der Waals surface area contributed by atoms with E-state index in [9.17, 15) is 14.4 Å². The van der Waals surface area contributed by atoms with Gasteiger partial charge in [0.25, 0.3) is 5.56 Å². The van der Waals surface area contributed by atoms with Gasteiger partial charge in [-0.2, -0.15) is 0 Å². The van der Waals surface area contributed by atoms with E-state index in [1.54, 1.807) is 24.3 Å². The molecule has 3 amide bonds. The van der Waals surface area contributed by atoms with Gasteiger partial charge in [-0.05, 0) is 24.6 Å². The van der Waals surface area contributed by atoms with Gasteiger partial charge in [0.15, 0.2) is 16.7 Å². The number of hydrogen-bond acceptors (Lipinski definition) is 8. The van der Waals surface area contributed by atoms with Gasteiger partial charge < -0.3 is 14.8 Å². The Morgan fingerprint density at radius 1 is 1.27 bits per heavy atom. The molecule has 1 aliphatic rings. The number of nitrogens with one attached hydrogen (secondary N) is 2. The Hall–Kier alpha value is -3.31. The van der Waals surface area contributed by atoms with E-state index in [0.29, 0.717) is 45.8 Å². The van der Waals surface area contributed by atoms with Gasteiger partial charge in [-0.15, -0.1) is 17.9 Å². The van der Waals surface area contributed by atoms with Crippen LogP contribution in [-0.2, 0) is 17.8 Å². The highest BCUT2D eigenvalue weighted by Crippen LogP contribution is 2.32. The van der Waals surface area contributed by atoms with E-state index < -0.39 is 11.9 Å². The lowest BCUT2D eigenvalue weighted by Crippen LogP contribution is -2.35. The molecular weight excluding hydrogens is 464 g/mol. The summed E-state index contributed by atoms with van der Waals surface area (Å²) in [4.78, 5) is 43.7. The van der Waals surface area contributed by atoms with E-state index in [1.165, 1.54) is 15.9 Å². The van der Waals surface area contributed by atoms with Crippen LogP contribution in [0.5, 0.6) is 11.5 Å². The summed E-state index contributed by atoms with van der Waals surface area (Å²) < 4.78 is 12.4. The Kier molecular flexibility index (Phi) is 6.99. The predicted molar refractivity (Wildman–Crippen MR) is 129 cm³/mol. The molecule has 0 saturated carbocycles. The molecule has 2 aromatic heterocycles. The average Bonchev–Trinajstić information content (AvgIpc) is 3.23. The van der Waals surface area contributed by atoms with E-state index in [4.69, 9.17) is 9.47 Å². The lowest BCUT2D eigenvalue weighted by Gasteiger charge is -2.19. The Labute approximate surface area is 197 Å². The fourth-order valence-electron chi connectivity index (χ4n) is 3.20. The Morgan fingerprint density at radius 2 is 2.06 bits per heavy atom. The summed E-state index contributed by atoms with van der Waals surface area (Å²) in [7, 11) is 0. The minimum Gasteiger partial charge on any atom is -0.486 e. The number of carbonyl (C=O) groups is 2. The van der Waals surface area contributed by atoms with Crippen LogP contribution in [0.1, 0.15) is 11.8 Å². The van der Waals surface area contributed by atoms with Gasteiger partial charge >= 0.3 is 6.03 Å². The van der Waals surface area contributed by atoms with Crippen molar-refractivity contribution in [1.29, 1.82) is 0 Å². The van der Waals surface area contributed by atoms with Gasteiger partial charge in [0, 0.05) is 23.2 Å². The second-order valence-corrected chi connectivity index (χ2v) is 9.09. The zero-order valence-corrected chi connectivity index (χ0v) is 19.5. The van der Waals surface area contributed by atoms with Crippen molar-refractivity contribution in [3.8, 4) is 11.5 Å². The van der Waals surface area contributed by atoms with Crippen molar-refractivity contribution in [2.75, 3.05) is 24.3 Å². The number of thioether (sulfide) groups is 1. The first-order valence-corrected chi connectivity index (χ1v) is 12.1. The molecule has 0 saturated heterocycles. The number of carbonyl (C=O) groups excluding carboxylic acids is 2. The molecule has 0 spiro atoms. The molecule has 11 heteroatoms. The van der Waals surface area contributed by atoms with Gasteiger partial charge in [-0.1, -0.05) is 24.8 Å². The highest BCUT2D eigenvalue weighted by molar-refractivity contribution is 7.99. The number of thiophene rings is 1. The molecule has 0 atom stereocenters. The van der Waals surface area contributed by atoms with Crippen LogP contribution < -0.4 is 25.7 Å². The molecular formula is C22H22N4O5S2. The van der Waals surface area contributed by atoms with Gasteiger partial charge in [-0.3, -0.25) is 19.5 Å². The van der Waals surface area contributed by atoms with Crippen LogP contribution in [0.4, 0.5) is 10.5 Å². The summed E-state index contributed by atoms with van der Waals surface area (Å²) in [6.45, 7) is 6.89. The zero-order chi connectivity index (χ0) is 23.4. The largest absolute Gasteiger partial charge is 0.486 e. The third kappa shape index (κ3) is 5.20. The normalized spacial score (nSPS) is 12.4. The second kappa shape index (κ2) is 10.1. The summed E-state index contributed by atoms with van der Waals surface area (Å²) in [5, 5.41) is 5.84. The monoisotopic (exact) mass is 486 g/mol. The number of benzene rings is 1. The second-order valence-electron chi connectivity index (χ2n) is 7.03. The molecule has 3 aromatic rings. The number of urea groups is 1. The molecule has 0 unspecified atom stereocenters. The topological polar surface area (TPSA) is 112 Å². The van der Waals surface area contributed by atoms with Crippen LogP contribution in [0.2, 0.25) is 0 Å². The number of hydrogen-bond donors (Lipinski definition) is 2. The summed E-state index contributed by atoms with van der Waals surface area (Å²) in [5.41, 5.74) is 0.295. The molecule has 1 aromatic carbocycles. The molecule has 1 aliphatic heterocycles. The standard InChI is InChI=1S/C22H22N4O5S2/c1-3-7-26-20(28)15-11-14(4-2)33-19(15)25-22(26)32-12-18(27)24-21(29)23-13-5-6-16-17(10-13)31-9-8-30-16/h3,5-6,10-11H,1,4,7-9,12H2,2H3,(H2,23,24,27,29). The molecule has 0 bridgehead atoms. The summed E-state index contributed by atoms with van der Waals surface area (Å²) in [6, 6.07) is 6.17. The quantitative estimate of drug-likeness (QED) is 0.299. The minimum atomic E-state index is -0.671. The summed E-state index contributed by atoms with van der Waals surface area (Å²) in [6.07, 6.45) is 2.41. The molecule has 172 valence electrons. The highest BCUT2D eigenvalue weighted by Gasteiger charge is 2.17. The van der Waals surface area contributed by atoms with E-state index in [-0.39, 0.29) is 17.9 Å². The van der Waals surface area contributed by atoms with Crippen molar-refractivity contribution in [3.05, 3.63) is 52.2 Å². The molecule has 0 fully saturated rings. The summed E-state index contributed by atoms with van der Waals surface area (Å²) >= 11 is 2.55. The predicted octanol–water partition coefficient (Wildman–Crippen LogP) is 3.42. The molecule has 4 rings (SSSR count). The number of aryl methyl sites for hydroxylation is 1. The number of amides is 3. The number of allylic oxidation sites excluding steroid dienone is 1. The van der Waals surface area contributed by atoms with Gasteiger partial charge in [0.1, 0.15) is 18.0 Å². The molecule has 9 nitrogen and oxygen atoms in total. The van der Waals surface area contributed by atoms with Crippen molar-refractivity contribution in [2.24, 2.45) is 0 Å². The maximum Gasteiger partial charge on any atom is 0.325 e. The number of aromatic nitrogens is 2. The van der Waals surface area contributed by atoms with Crippen LogP contribution in [-0.4, -0.2) is 40.5 Å². The molecule has 33 heavy (non-hydrogen) atoms. The Morgan fingerprint density at radius 3 is 2.82 bits per heavy atom. The van der Waals surface area contributed by atoms with E-state index in [0.717, 1.165) is 23.1 Å². The number of anilines is 1. The Balaban J connectivity index is 1.41. The number of rotatable bonds is 7. The van der Waals surface area contributed by atoms with E-state index in [2.05, 4.69) is 22.2 Å². The maximum atomic E-state index is 12.9. The first-order chi connectivity index (χ1) is 16.0. The highest BCUT2D eigenvalue weighted by atomic mass is 32.2. The average molecular weight is 487 g/mol. The SMILES string of the molecule is C=CCn1c(SCC(=O)NC(=O)Nc2ccc3c(c2)OCCO3)nc2sc(CC)cc2c1=O. The van der Waals surface area contributed by atoms with Crippen LogP contribution in [0.25, 0.3) is 10.2 Å². The molecule has 0 aliphatic carbocycles. The van der Waals surface area contributed by atoms with Crippen molar-refractivity contribution in [3.63, 3.8) is 0 Å². The van der Waals surface area contributed by atoms with Crippen molar-refractivity contribution < 1.29 is 19.1 Å². The number of imide groups is 1. The lowest BCUT2D eigenvalue weighted by molar-refractivity contribution is -0.117. The van der Waals surface area contributed by atoms with Crippen molar-refractivity contribution >= 4 is 50.9 Å². The molecule has 2 N–H and O–H groups in total. The maximum absolute atomic E-state index is 12.9. The van der Waals surface area contributed by atoms with Crippen molar-refractivity contribution in [2.45, 2.75) is 25.0 Å². The first-order valence-electron chi connectivity index (χ1n) is 10.3. The van der Waals surface area contributed by atoms with E-state index in [1.807, 2.05) is 13.0 Å². The fourth-order valence-corrected chi connectivity index (χ4v) is 5.01. The smallest absolute Gasteiger partial charge is 0.325 e. The van der Waals surface area contributed by atoms with Crippen molar-refractivity contribution in [1.82, 2.24) is 14.9 Å². The third-order valence-corrected chi connectivity index (χ3v) is 6.86. The number of nitrogens with zero attached hydrogens (tertiary/aromatic N) is 2. The Bertz CT molecular complexity index is 1280.